The third-order valence-corrected chi connectivity index (χ3v) is 5.07. The molecule has 6 heteroatoms. The van der Waals surface area contributed by atoms with Crippen LogP contribution in [0.25, 0.3) is 0 Å². The number of halogens is 1. The molecule has 0 saturated heterocycles. The van der Waals surface area contributed by atoms with Crippen LogP contribution in [0.2, 0.25) is 5.02 Å². The van der Waals surface area contributed by atoms with E-state index in [1.807, 2.05) is 6.07 Å². The van der Waals surface area contributed by atoms with Gasteiger partial charge in [-0.15, -0.1) is 0 Å². The molecule has 0 heterocycles. The lowest BCUT2D eigenvalue weighted by atomic mass is 10.3. The van der Waals surface area contributed by atoms with E-state index in [4.69, 9.17) is 17.3 Å². The van der Waals surface area contributed by atoms with Crippen molar-refractivity contribution in [3.63, 3.8) is 0 Å². The lowest BCUT2D eigenvalue weighted by Gasteiger charge is -2.23. The number of sulfonamides is 1. The number of nitrogens with zero attached hydrogens (tertiary/aromatic N) is 1. The average molecular weight is 311 g/mol. The SMILES string of the molecule is CCN(c1ccccc1)S(=O)(=O)c1cc(Cl)ccc1N. The van der Waals surface area contributed by atoms with Crippen molar-refractivity contribution in [2.75, 3.05) is 16.6 Å². The Labute approximate surface area is 123 Å². The fourth-order valence-corrected chi connectivity index (χ4v) is 3.79. The largest absolute Gasteiger partial charge is 0.398 e. The standard InChI is InChI=1S/C14H15ClN2O2S/c1-2-17(12-6-4-3-5-7-12)20(18,19)14-10-11(15)8-9-13(14)16/h3-10H,2,16H2,1H3. The first-order valence-corrected chi connectivity index (χ1v) is 7.91. The smallest absolute Gasteiger partial charge is 0.266 e. The van der Waals surface area contributed by atoms with Gasteiger partial charge < -0.3 is 5.73 Å². The Morgan fingerprint density at radius 2 is 1.80 bits per heavy atom. The molecule has 2 aromatic rings. The van der Waals surface area contributed by atoms with Crippen LogP contribution in [0.4, 0.5) is 11.4 Å². The van der Waals surface area contributed by atoms with E-state index >= 15 is 0 Å². The summed E-state index contributed by atoms with van der Waals surface area (Å²) in [5.41, 5.74) is 6.56. The number of nitrogen functional groups attached to an aromatic ring is 1. The maximum absolute atomic E-state index is 12.7. The third-order valence-electron chi connectivity index (χ3n) is 2.88. The van der Waals surface area contributed by atoms with E-state index in [0.717, 1.165) is 0 Å². The van der Waals surface area contributed by atoms with Crippen molar-refractivity contribution < 1.29 is 8.42 Å². The summed E-state index contributed by atoms with van der Waals surface area (Å²) in [4.78, 5) is 0.0238. The van der Waals surface area contributed by atoms with Crippen LogP contribution < -0.4 is 10.0 Å². The van der Waals surface area contributed by atoms with Gasteiger partial charge in [0.2, 0.25) is 0 Å². The van der Waals surface area contributed by atoms with Crippen LogP contribution in [-0.2, 0) is 10.0 Å². The van der Waals surface area contributed by atoms with Gasteiger partial charge in [0.15, 0.2) is 0 Å². The quantitative estimate of drug-likeness (QED) is 0.882. The average Bonchev–Trinajstić information content (AvgIpc) is 2.43. The number of para-hydroxylation sites is 1. The number of hydrogen-bond acceptors (Lipinski definition) is 3. The Hall–Kier alpha value is -1.72. The molecule has 0 atom stereocenters. The number of nitrogens with two attached hydrogens (primary N) is 1. The van der Waals surface area contributed by atoms with Crippen molar-refractivity contribution in [1.29, 1.82) is 0 Å². The number of benzene rings is 2. The molecule has 20 heavy (non-hydrogen) atoms. The summed E-state index contributed by atoms with van der Waals surface area (Å²) in [5, 5.41) is 0.335. The Morgan fingerprint density at radius 3 is 2.40 bits per heavy atom. The van der Waals surface area contributed by atoms with Crippen molar-refractivity contribution in [3.05, 3.63) is 53.6 Å². The highest BCUT2D eigenvalue weighted by Crippen LogP contribution is 2.28. The van der Waals surface area contributed by atoms with Gasteiger partial charge in [0.25, 0.3) is 10.0 Å². The fourth-order valence-electron chi connectivity index (χ4n) is 1.94. The van der Waals surface area contributed by atoms with Gasteiger partial charge in [-0.1, -0.05) is 29.8 Å². The molecular weight excluding hydrogens is 296 g/mol. The monoisotopic (exact) mass is 310 g/mol. The molecule has 0 amide bonds. The van der Waals surface area contributed by atoms with Crippen LogP contribution in [0.15, 0.2) is 53.4 Å². The van der Waals surface area contributed by atoms with E-state index in [9.17, 15) is 8.42 Å². The van der Waals surface area contributed by atoms with Crippen molar-refractivity contribution in [2.45, 2.75) is 11.8 Å². The summed E-state index contributed by atoms with van der Waals surface area (Å²) in [6, 6.07) is 13.3. The van der Waals surface area contributed by atoms with E-state index in [-0.39, 0.29) is 10.6 Å². The molecule has 0 aliphatic heterocycles. The van der Waals surface area contributed by atoms with Gasteiger partial charge in [-0.25, -0.2) is 8.42 Å². The van der Waals surface area contributed by atoms with E-state index < -0.39 is 10.0 Å². The Bertz CT molecular complexity index is 702. The van der Waals surface area contributed by atoms with E-state index in [1.54, 1.807) is 37.3 Å². The van der Waals surface area contributed by atoms with Crippen molar-refractivity contribution in [3.8, 4) is 0 Å². The molecule has 2 aromatic carbocycles. The summed E-state index contributed by atoms with van der Waals surface area (Å²) in [7, 11) is -3.73. The molecule has 4 nitrogen and oxygen atoms in total. The van der Waals surface area contributed by atoms with Crippen LogP contribution in [0.5, 0.6) is 0 Å². The molecule has 106 valence electrons. The van der Waals surface area contributed by atoms with Gasteiger partial charge in [0.1, 0.15) is 4.90 Å². The molecule has 0 bridgehead atoms. The predicted molar refractivity (Wildman–Crippen MR) is 82.5 cm³/mol. The molecule has 0 radical (unpaired) electrons. The summed E-state index contributed by atoms with van der Waals surface area (Å²) in [6.07, 6.45) is 0. The van der Waals surface area contributed by atoms with Crippen LogP contribution >= 0.6 is 11.6 Å². The van der Waals surface area contributed by atoms with Gasteiger partial charge in [-0.2, -0.15) is 0 Å². The minimum absolute atomic E-state index is 0.0238. The first kappa shape index (κ1) is 14.7. The highest BCUT2D eigenvalue weighted by molar-refractivity contribution is 7.93. The predicted octanol–water partition coefficient (Wildman–Crippen LogP) is 3.14. The highest BCUT2D eigenvalue weighted by Gasteiger charge is 2.25. The molecule has 0 unspecified atom stereocenters. The van der Waals surface area contributed by atoms with Crippen LogP contribution in [0.1, 0.15) is 6.92 Å². The minimum atomic E-state index is -3.73. The lowest BCUT2D eigenvalue weighted by molar-refractivity contribution is 0.592. The van der Waals surface area contributed by atoms with Gasteiger partial charge in [0, 0.05) is 11.6 Å². The summed E-state index contributed by atoms with van der Waals surface area (Å²) >= 11 is 5.88. The third kappa shape index (κ3) is 2.73. The topological polar surface area (TPSA) is 63.4 Å². The first-order valence-electron chi connectivity index (χ1n) is 6.09. The second-order valence-electron chi connectivity index (χ2n) is 4.19. The van der Waals surface area contributed by atoms with Crippen molar-refractivity contribution >= 4 is 33.0 Å². The highest BCUT2D eigenvalue weighted by atomic mass is 35.5. The number of hydrogen-bond donors (Lipinski definition) is 1. The van der Waals surface area contributed by atoms with Crippen LogP contribution in [0, 0.1) is 0 Å². The molecule has 0 aliphatic carbocycles. The number of rotatable bonds is 4. The Morgan fingerprint density at radius 1 is 1.15 bits per heavy atom. The molecular formula is C14H15ClN2O2S. The molecule has 0 fully saturated rings. The molecule has 2 rings (SSSR count). The minimum Gasteiger partial charge on any atom is -0.398 e. The van der Waals surface area contributed by atoms with E-state index in [1.165, 1.54) is 16.4 Å². The van der Waals surface area contributed by atoms with Gasteiger partial charge in [-0.3, -0.25) is 4.31 Å². The number of anilines is 2. The molecule has 0 aliphatic rings. The molecule has 2 N–H and O–H groups in total. The fraction of sp³-hybridized carbons (Fsp3) is 0.143. The summed E-state index contributed by atoms with van der Waals surface area (Å²) in [5.74, 6) is 0. The van der Waals surface area contributed by atoms with Gasteiger partial charge in [0.05, 0.1) is 11.4 Å². The lowest BCUT2D eigenvalue weighted by Crippen LogP contribution is -2.31. The van der Waals surface area contributed by atoms with Crippen LogP contribution in [0.3, 0.4) is 0 Å². The van der Waals surface area contributed by atoms with Gasteiger partial charge >= 0.3 is 0 Å². The molecule has 0 saturated carbocycles. The summed E-state index contributed by atoms with van der Waals surface area (Å²) < 4.78 is 26.7. The van der Waals surface area contributed by atoms with E-state index in [2.05, 4.69) is 0 Å². The molecule has 0 spiro atoms. The Kier molecular flexibility index (Phi) is 4.20. The zero-order valence-corrected chi connectivity index (χ0v) is 12.5. The maximum atomic E-state index is 12.7. The van der Waals surface area contributed by atoms with Crippen LogP contribution in [-0.4, -0.2) is 15.0 Å². The zero-order chi connectivity index (χ0) is 14.8. The molecule has 0 aromatic heterocycles. The second-order valence-corrected chi connectivity index (χ2v) is 6.45. The second kappa shape index (κ2) is 5.73. The maximum Gasteiger partial charge on any atom is 0.266 e. The first-order chi connectivity index (χ1) is 9.46. The Balaban J connectivity index is 2.56. The van der Waals surface area contributed by atoms with Crippen molar-refractivity contribution in [2.24, 2.45) is 0 Å². The zero-order valence-electron chi connectivity index (χ0n) is 11.0. The van der Waals surface area contributed by atoms with Crippen molar-refractivity contribution in [1.82, 2.24) is 0 Å². The van der Waals surface area contributed by atoms with E-state index in [0.29, 0.717) is 17.3 Å². The summed E-state index contributed by atoms with van der Waals surface area (Å²) in [6.45, 7) is 2.07. The van der Waals surface area contributed by atoms with Gasteiger partial charge in [-0.05, 0) is 37.3 Å². The normalized spacial score (nSPS) is 11.3.